The van der Waals surface area contributed by atoms with Crippen LogP contribution < -0.4 is 0 Å². The molecule has 0 unspecified atom stereocenters. The van der Waals surface area contributed by atoms with Crippen molar-refractivity contribution >= 4 is 16.0 Å². The van der Waals surface area contributed by atoms with E-state index >= 15 is 0 Å². The summed E-state index contributed by atoms with van der Waals surface area (Å²) in [6, 6.07) is 2.01. The first-order valence-corrected chi connectivity index (χ1v) is 7.06. The first-order chi connectivity index (χ1) is 9.70. The molecule has 1 aromatic rings. The van der Waals surface area contributed by atoms with E-state index in [1.165, 1.54) is 0 Å². The molecule has 0 saturated carbocycles. The summed E-state index contributed by atoms with van der Waals surface area (Å²) >= 11 is 0. The minimum atomic E-state index is -4.61. The van der Waals surface area contributed by atoms with Gasteiger partial charge in [-0.25, -0.2) is 26.4 Å². The number of carboxylic acids is 1. The maximum atomic E-state index is 13.7. The number of hydrogen-bond acceptors (Lipinski definition) is 4. The third-order valence-electron chi connectivity index (χ3n) is 2.49. The van der Waals surface area contributed by atoms with Crippen LogP contribution in [0.15, 0.2) is 23.1 Å². The van der Waals surface area contributed by atoms with E-state index < -0.39 is 58.4 Å². The Kier molecular flexibility index (Phi) is 5.70. The fourth-order valence-electron chi connectivity index (χ4n) is 1.56. The van der Waals surface area contributed by atoms with Gasteiger partial charge in [0.2, 0.25) is 10.0 Å². The third-order valence-corrected chi connectivity index (χ3v) is 4.39. The normalized spacial score (nSPS) is 12.1. The lowest BCUT2D eigenvalue weighted by Crippen LogP contribution is -2.37. The lowest BCUT2D eigenvalue weighted by atomic mass is 10.2. The number of aliphatic hydroxyl groups is 1. The minimum Gasteiger partial charge on any atom is -0.478 e. The summed E-state index contributed by atoms with van der Waals surface area (Å²) in [4.78, 5) is 9.71. The second-order valence-corrected chi connectivity index (χ2v) is 5.83. The lowest BCUT2D eigenvalue weighted by molar-refractivity contribution is 0.0696. The molecule has 0 aliphatic carbocycles. The molecule has 0 saturated heterocycles. The number of halogens is 3. The van der Waals surface area contributed by atoms with Crippen molar-refractivity contribution in [3.8, 4) is 0 Å². The Balaban J connectivity index is 3.24. The molecule has 0 heterocycles. The summed E-state index contributed by atoms with van der Waals surface area (Å²) < 4.78 is 62.8. The molecule has 0 bridgehead atoms. The number of aliphatic hydroxyl groups excluding tert-OH is 1. The molecule has 0 atom stereocenters. The molecular weight excluding hydrogens is 315 g/mol. The van der Waals surface area contributed by atoms with Crippen molar-refractivity contribution in [1.82, 2.24) is 4.31 Å². The number of nitrogens with zero attached hydrogens (tertiary/aromatic N) is 1. The van der Waals surface area contributed by atoms with Crippen LogP contribution in [0.1, 0.15) is 10.4 Å². The van der Waals surface area contributed by atoms with Crippen LogP contribution in [-0.2, 0) is 10.0 Å². The first-order valence-electron chi connectivity index (χ1n) is 5.62. The molecule has 0 aromatic heterocycles. The van der Waals surface area contributed by atoms with Gasteiger partial charge in [-0.05, 0) is 18.2 Å². The lowest BCUT2D eigenvalue weighted by Gasteiger charge is -2.21. The molecular formula is C11H12F3NO5S. The van der Waals surface area contributed by atoms with Gasteiger partial charge in [0, 0.05) is 6.54 Å². The summed E-state index contributed by atoms with van der Waals surface area (Å²) in [6.45, 7) is -2.56. The molecule has 0 aliphatic heterocycles. The molecule has 118 valence electrons. The molecule has 10 heteroatoms. The Morgan fingerprint density at radius 3 is 2.38 bits per heavy atom. The van der Waals surface area contributed by atoms with E-state index in [0.29, 0.717) is 12.1 Å². The van der Waals surface area contributed by atoms with E-state index in [0.717, 1.165) is 6.07 Å². The second kappa shape index (κ2) is 6.87. The number of benzene rings is 1. The third kappa shape index (κ3) is 4.16. The van der Waals surface area contributed by atoms with Gasteiger partial charge in [-0.1, -0.05) is 0 Å². The standard InChI is InChI=1S/C11H12F3NO5S/c12-8-5-7(11(17)18)1-2-9(8)21(19,20)15(3-4-16)6-10(13)14/h1-2,5,10,16H,3-4,6H2,(H,17,18). The number of carboxylic acid groups (broad SMARTS) is 1. The molecule has 0 aliphatic rings. The average Bonchev–Trinajstić information content (AvgIpc) is 2.37. The van der Waals surface area contributed by atoms with Crippen LogP contribution in [0.5, 0.6) is 0 Å². The molecule has 6 nitrogen and oxygen atoms in total. The first kappa shape index (κ1) is 17.4. The highest BCUT2D eigenvalue weighted by atomic mass is 32.2. The maximum absolute atomic E-state index is 13.7. The highest BCUT2D eigenvalue weighted by Crippen LogP contribution is 2.21. The zero-order valence-electron chi connectivity index (χ0n) is 10.5. The summed E-state index contributed by atoms with van der Waals surface area (Å²) in [6.07, 6.45) is -3.01. The predicted molar refractivity (Wildman–Crippen MR) is 65.2 cm³/mol. The molecule has 0 radical (unpaired) electrons. The van der Waals surface area contributed by atoms with Crippen LogP contribution in [0, 0.1) is 5.82 Å². The maximum Gasteiger partial charge on any atom is 0.335 e. The topological polar surface area (TPSA) is 94.9 Å². The zero-order chi connectivity index (χ0) is 16.2. The van der Waals surface area contributed by atoms with Crippen LogP contribution in [0.3, 0.4) is 0 Å². The summed E-state index contributed by atoms with van der Waals surface area (Å²) in [5, 5.41) is 17.4. The minimum absolute atomic E-state index is 0.233. The second-order valence-electron chi connectivity index (χ2n) is 3.93. The van der Waals surface area contributed by atoms with Crippen LogP contribution in [0.25, 0.3) is 0 Å². The fourth-order valence-corrected chi connectivity index (χ4v) is 3.01. The largest absolute Gasteiger partial charge is 0.478 e. The average molecular weight is 327 g/mol. The van der Waals surface area contributed by atoms with E-state index in [1.54, 1.807) is 0 Å². The van der Waals surface area contributed by atoms with E-state index in [-0.39, 0.29) is 4.31 Å². The van der Waals surface area contributed by atoms with Crippen molar-refractivity contribution in [1.29, 1.82) is 0 Å². The molecule has 2 N–H and O–H groups in total. The number of alkyl halides is 2. The van der Waals surface area contributed by atoms with Gasteiger partial charge in [0.15, 0.2) is 0 Å². The zero-order valence-corrected chi connectivity index (χ0v) is 11.4. The van der Waals surface area contributed by atoms with Gasteiger partial charge in [0.05, 0.1) is 18.7 Å². The Morgan fingerprint density at radius 1 is 1.33 bits per heavy atom. The van der Waals surface area contributed by atoms with Crippen molar-refractivity contribution in [3.63, 3.8) is 0 Å². The molecule has 1 rings (SSSR count). The quantitative estimate of drug-likeness (QED) is 0.771. The van der Waals surface area contributed by atoms with Crippen molar-refractivity contribution in [2.75, 3.05) is 19.7 Å². The highest BCUT2D eigenvalue weighted by Gasteiger charge is 2.29. The van der Waals surface area contributed by atoms with Crippen molar-refractivity contribution in [2.45, 2.75) is 11.3 Å². The number of aromatic carboxylic acids is 1. The highest BCUT2D eigenvalue weighted by molar-refractivity contribution is 7.89. The van der Waals surface area contributed by atoms with E-state index in [9.17, 15) is 26.4 Å². The van der Waals surface area contributed by atoms with Crippen LogP contribution in [0.4, 0.5) is 13.2 Å². The molecule has 0 fully saturated rings. The van der Waals surface area contributed by atoms with Gasteiger partial charge in [0.1, 0.15) is 10.7 Å². The SMILES string of the molecule is O=C(O)c1ccc(S(=O)(=O)N(CCO)CC(F)F)c(F)c1. The van der Waals surface area contributed by atoms with E-state index in [2.05, 4.69) is 0 Å². The smallest absolute Gasteiger partial charge is 0.335 e. The van der Waals surface area contributed by atoms with E-state index in [1.807, 2.05) is 0 Å². The van der Waals surface area contributed by atoms with Crippen molar-refractivity contribution in [2.24, 2.45) is 0 Å². The molecule has 0 spiro atoms. The van der Waals surface area contributed by atoms with Gasteiger partial charge in [0.25, 0.3) is 6.43 Å². The summed E-state index contributed by atoms with van der Waals surface area (Å²) in [5.74, 6) is -2.83. The Bertz CT molecular complexity index is 620. The summed E-state index contributed by atoms with van der Waals surface area (Å²) in [7, 11) is -4.61. The van der Waals surface area contributed by atoms with Gasteiger partial charge >= 0.3 is 5.97 Å². The number of sulfonamides is 1. The van der Waals surface area contributed by atoms with Gasteiger partial charge in [-0.15, -0.1) is 0 Å². The molecule has 1 aromatic carbocycles. The van der Waals surface area contributed by atoms with Gasteiger partial charge in [-0.2, -0.15) is 4.31 Å². The predicted octanol–water partition coefficient (Wildman–Crippen LogP) is 0.772. The van der Waals surface area contributed by atoms with Crippen molar-refractivity contribution in [3.05, 3.63) is 29.6 Å². The monoisotopic (exact) mass is 327 g/mol. The number of hydrogen-bond donors (Lipinski definition) is 2. The number of carbonyl (C=O) groups is 1. The van der Waals surface area contributed by atoms with Gasteiger partial charge in [-0.3, -0.25) is 0 Å². The van der Waals surface area contributed by atoms with E-state index in [4.69, 9.17) is 10.2 Å². The van der Waals surface area contributed by atoms with Crippen LogP contribution >= 0.6 is 0 Å². The fraction of sp³-hybridized carbons (Fsp3) is 0.364. The number of rotatable bonds is 7. The van der Waals surface area contributed by atoms with Gasteiger partial charge < -0.3 is 10.2 Å². The van der Waals surface area contributed by atoms with Crippen LogP contribution in [0.2, 0.25) is 0 Å². The Morgan fingerprint density at radius 2 is 1.95 bits per heavy atom. The molecule has 21 heavy (non-hydrogen) atoms. The molecule has 0 amide bonds. The van der Waals surface area contributed by atoms with Crippen LogP contribution in [-0.4, -0.2) is 55.0 Å². The Hall–Kier alpha value is -1.65. The van der Waals surface area contributed by atoms with Crippen molar-refractivity contribution < 1.29 is 36.6 Å². The summed E-state index contributed by atoms with van der Waals surface area (Å²) in [5.41, 5.74) is -0.478. The Labute approximate surface area is 118 Å².